The molecule has 130 valence electrons. The van der Waals surface area contributed by atoms with E-state index in [9.17, 15) is 5.11 Å². The predicted octanol–water partition coefficient (Wildman–Crippen LogP) is 4.12. The van der Waals surface area contributed by atoms with Crippen molar-refractivity contribution in [3.05, 3.63) is 54.1 Å². The Morgan fingerprint density at radius 3 is 2.50 bits per heavy atom. The largest absolute Gasteiger partial charge is 0.497 e. The summed E-state index contributed by atoms with van der Waals surface area (Å²) >= 11 is 0. The summed E-state index contributed by atoms with van der Waals surface area (Å²) in [5, 5.41) is 10.5. The Morgan fingerprint density at radius 2 is 1.96 bits per heavy atom. The molecule has 3 nitrogen and oxygen atoms in total. The minimum atomic E-state index is -0.556. The quantitative estimate of drug-likeness (QED) is 0.547. The van der Waals surface area contributed by atoms with Gasteiger partial charge in [-0.2, -0.15) is 0 Å². The molecule has 0 saturated carbocycles. The van der Waals surface area contributed by atoms with Gasteiger partial charge in [-0.1, -0.05) is 50.1 Å². The van der Waals surface area contributed by atoms with Crippen LogP contribution in [0.4, 0.5) is 0 Å². The molecule has 0 amide bonds. The van der Waals surface area contributed by atoms with E-state index in [1.54, 1.807) is 13.2 Å². The van der Waals surface area contributed by atoms with Crippen molar-refractivity contribution in [3.8, 4) is 18.1 Å². The second-order valence-corrected chi connectivity index (χ2v) is 6.25. The van der Waals surface area contributed by atoms with Crippen molar-refractivity contribution in [2.45, 2.75) is 46.0 Å². The average Bonchev–Trinajstić information content (AvgIpc) is 2.59. The normalized spacial score (nSPS) is 14.7. The van der Waals surface area contributed by atoms with Crippen LogP contribution in [-0.2, 0) is 11.3 Å². The molecule has 24 heavy (non-hydrogen) atoms. The number of hydrogen-bond donors (Lipinski definition) is 1. The molecule has 0 aromatic heterocycles. The first-order chi connectivity index (χ1) is 11.5. The van der Waals surface area contributed by atoms with Gasteiger partial charge in [0.1, 0.15) is 5.75 Å². The third kappa shape index (κ3) is 5.88. The molecule has 1 rings (SSSR count). The van der Waals surface area contributed by atoms with Gasteiger partial charge in [0.15, 0.2) is 0 Å². The van der Waals surface area contributed by atoms with Crippen LogP contribution in [-0.4, -0.2) is 24.4 Å². The van der Waals surface area contributed by atoms with Gasteiger partial charge in [0.25, 0.3) is 0 Å². The topological polar surface area (TPSA) is 38.7 Å². The zero-order valence-electron chi connectivity index (χ0n) is 15.0. The third-order valence-electron chi connectivity index (χ3n) is 4.12. The lowest BCUT2D eigenvalue weighted by atomic mass is 9.79. The van der Waals surface area contributed by atoms with Crippen LogP contribution in [0.25, 0.3) is 0 Å². The van der Waals surface area contributed by atoms with Gasteiger partial charge in [-0.25, -0.2) is 0 Å². The molecule has 0 bridgehead atoms. The minimum Gasteiger partial charge on any atom is -0.497 e. The maximum Gasteiger partial charge on any atom is 0.118 e. The van der Waals surface area contributed by atoms with Crippen LogP contribution in [0.3, 0.4) is 0 Å². The van der Waals surface area contributed by atoms with E-state index in [2.05, 4.69) is 5.92 Å². The van der Waals surface area contributed by atoms with E-state index in [-0.39, 0.29) is 6.10 Å². The summed E-state index contributed by atoms with van der Waals surface area (Å²) in [7, 11) is 1.64. The van der Waals surface area contributed by atoms with Crippen molar-refractivity contribution >= 4 is 0 Å². The number of terminal acetylenes is 1. The summed E-state index contributed by atoms with van der Waals surface area (Å²) < 4.78 is 11.2. The number of rotatable bonds is 9. The number of methoxy groups -OCH3 is 1. The number of allylic oxidation sites excluding steroid dienone is 2. The Kier molecular flexibility index (Phi) is 8.32. The molecular formula is C21H28O3. The molecule has 1 aromatic carbocycles. The fourth-order valence-electron chi connectivity index (χ4n) is 2.36. The highest BCUT2D eigenvalue weighted by Gasteiger charge is 2.35. The van der Waals surface area contributed by atoms with Crippen molar-refractivity contribution in [2.75, 3.05) is 7.11 Å². The molecule has 0 saturated heterocycles. The van der Waals surface area contributed by atoms with Crippen LogP contribution < -0.4 is 4.74 Å². The molecule has 1 aromatic rings. The molecule has 3 heteroatoms. The third-order valence-corrected chi connectivity index (χ3v) is 4.12. The van der Waals surface area contributed by atoms with Gasteiger partial charge in [0.05, 0.1) is 25.9 Å². The molecule has 1 N–H and O–H groups in total. The van der Waals surface area contributed by atoms with E-state index in [0.29, 0.717) is 13.0 Å². The smallest absolute Gasteiger partial charge is 0.118 e. The van der Waals surface area contributed by atoms with Crippen molar-refractivity contribution in [1.29, 1.82) is 0 Å². The minimum absolute atomic E-state index is 0.209. The first-order valence-corrected chi connectivity index (χ1v) is 8.12. The van der Waals surface area contributed by atoms with Gasteiger partial charge < -0.3 is 14.6 Å². The standard InChI is InChI=1S/C21H28O3/c1-6-8-9-11-19(22)21(3,4)20(10-7-2)24-16-17-12-14-18(23-5)15-13-17/h1,7-10,12-15,19-20,22H,11,16H2,2-5H3/b9-8+,10-7+/t19-,20-/m0/s1. The van der Waals surface area contributed by atoms with Crippen LogP contribution in [0, 0.1) is 17.8 Å². The van der Waals surface area contributed by atoms with E-state index in [1.165, 1.54) is 0 Å². The number of ether oxygens (including phenoxy) is 2. The molecular weight excluding hydrogens is 300 g/mol. The average molecular weight is 328 g/mol. The van der Waals surface area contributed by atoms with E-state index in [4.69, 9.17) is 15.9 Å². The fourth-order valence-corrected chi connectivity index (χ4v) is 2.36. The van der Waals surface area contributed by atoms with Gasteiger partial charge in [0.2, 0.25) is 0 Å². The van der Waals surface area contributed by atoms with Crippen molar-refractivity contribution in [1.82, 2.24) is 0 Å². The summed E-state index contributed by atoms with van der Waals surface area (Å²) in [5.41, 5.74) is 0.612. The van der Waals surface area contributed by atoms with Crippen LogP contribution >= 0.6 is 0 Å². The number of benzene rings is 1. The van der Waals surface area contributed by atoms with Crippen molar-refractivity contribution in [2.24, 2.45) is 5.41 Å². The fraction of sp³-hybridized carbons (Fsp3) is 0.429. The molecule has 0 aliphatic heterocycles. The monoisotopic (exact) mass is 328 g/mol. The predicted molar refractivity (Wildman–Crippen MR) is 98.8 cm³/mol. The maximum absolute atomic E-state index is 10.5. The van der Waals surface area contributed by atoms with E-state index in [1.807, 2.05) is 63.3 Å². The molecule has 0 heterocycles. The number of hydrogen-bond acceptors (Lipinski definition) is 3. The first kappa shape index (κ1) is 20.0. The second-order valence-electron chi connectivity index (χ2n) is 6.25. The molecule has 2 atom stereocenters. The van der Waals surface area contributed by atoms with Gasteiger partial charge in [-0.05, 0) is 37.1 Å². The molecule has 0 fully saturated rings. The van der Waals surface area contributed by atoms with Gasteiger partial charge in [-0.15, -0.1) is 6.42 Å². The van der Waals surface area contributed by atoms with Crippen LogP contribution in [0.15, 0.2) is 48.6 Å². The lowest BCUT2D eigenvalue weighted by Gasteiger charge is -2.36. The highest BCUT2D eigenvalue weighted by molar-refractivity contribution is 5.26. The Balaban J connectivity index is 2.76. The summed E-state index contributed by atoms with van der Waals surface area (Å²) in [4.78, 5) is 0. The summed E-state index contributed by atoms with van der Waals surface area (Å²) in [6.45, 7) is 6.42. The Morgan fingerprint density at radius 1 is 1.29 bits per heavy atom. The Bertz CT molecular complexity index is 576. The lowest BCUT2D eigenvalue weighted by Crippen LogP contribution is -2.40. The molecule has 0 aliphatic carbocycles. The zero-order chi connectivity index (χ0) is 18.0. The Hall–Kier alpha value is -2.02. The van der Waals surface area contributed by atoms with Crippen molar-refractivity contribution in [3.63, 3.8) is 0 Å². The lowest BCUT2D eigenvalue weighted by molar-refractivity contribution is -0.0669. The summed E-state index contributed by atoms with van der Waals surface area (Å²) in [6, 6.07) is 7.78. The number of aliphatic hydroxyl groups is 1. The molecule has 0 radical (unpaired) electrons. The van der Waals surface area contributed by atoms with Crippen molar-refractivity contribution < 1.29 is 14.6 Å². The highest BCUT2D eigenvalue weighted by atomic mass is 16.5. The molecule has 0 spiro atoms. The van der Waals surface area contributed by atoms with Crippen LogP contribution in [0.1, 0.15) is 32.8 Å². The van der Waals surface area contributed by atoms with Gasteiger partial charge in [0, 0.05) is 5.41 Å². The van der Waals surface area contributed by atoms with E-state index in [0.717, 1.165) is 11.3 Å². The van der Waals surface area contributed by atoms with Gasteiger partial charge in [-0.3, -0.25) is 0 Å². The maximum atomic E-state index is 10.5. The van der Waals surface area contributed by atoms with Crippen LogP contribution in [0.2, 0.25) is 0 Å². The second kappa shape index (κ2) is 9.97. The summed E-state index contributed by atoms with van der Waals surface area (Å²) in [5.74, 6) is 3.26. The van der Waals surface area contributed by atoms with E-state index < -0.39 is 11.5 Å². The Labute approximate surface area is 146 Å². The van der Waals surface area contributed by atoms with Crippen LogP contribution in [0.5, 0.6) is 5.75 Å². The first-order valence-electron chi connectivity index (χ1n) is 8.12. The summed E-state index contributed by atoms with van der Waals surface area (Å²) in [6.07, 6.45) is 12.3. The highest BCUT2D eigenvalue weighted by Crippen LogP contribution is 2.31. The molecule has 0 aliphatic rings. The molecule has 0 unspecified atom stereocenters. The van der Waals surface area contributed by atoms with E-state index >= 15 is 0 Å². The zero-order valence-corrected chi connectivity index (χ0v) is 15.0. The number of aliphatic hydroxyl groups excluding tert-OH is 1. The SMILES string of the molecule is C#C/C=C/C[C@H](O)C(C)(C)[C@H](/C=C/C)OCc1ccc(OC)cc1. The van der Waals surface area contributed by atoms with Gasteiger partial charge >= 0.3 is 0 Å².